The van der Waals surface area contributed by atoms with Crippen LogP contribution in [0.5, 0.6) is 5.75 Å². The molecule has 0 fully saturated rings. The molecule has 1 aromatic rings. The third kappa shape index (κ3) is 2.02. The average molecular weight is 204 g/mol. The van der Waals surface area contributed by atoms with Crippen molar-refractivity contribution in [2.24, 2.45) is 0 Å². The molecule has 0 radical (unpaired) electrons. The Hall–Kier alpha value is -2.15. The Labute approximate surface area is 88.1 Å². The largest absolute Gasteiger partial charge is 0.505 e. The Morgan fingerprint density at radius 2 is 2.33 bits per heavy atom. The summed E-state index contributed by atoms with van der Waals surface area (Å²) in [5.41, 5.74) is 6.46. The van der Waals surface area contributed by atoms with Crippen LogP contribution < -0.4 is 11.1 Å². The zero-order valence-corrected chi connectivity index (χ0v) is 8.37. The highest BCUT2D eigenvalue weighted by molar-refractivity contribution is 6.00. The highest BCUT2D eigenvalue weighted by Crippen LogP contribution is 2.28. The van der Waals surface area contributed by atoms with Gasteiger partial charge in [-0.3, -0.25) is 4.79 Å². The van der Waals surface area contributed by atoms with Crippen LogP contribution in [0.15, 0.2) is 12.1 Å². The highest BCUT2D eigenvalue weighted by Gasteiger charge is 2.13. The van der Waals surface area contributed by atoms with E-state index < -0.39 is 0 Å². The molecule has 0 saturated heterocycles. The number of phenols is 1. The van der Waals surface area contributed by atoms with Crippen molar-refractivity contribution in [3.05, 3.63) is 23.3 Å². The molecule has 1 aromatic carbocycles. The summed E-state index contributed by atoms with van der Waals surface area (Å²) in [5, 5.41) is 12.1. The molecule has 4 N–H and O–H groups in total. The van der Waals surface area contributed by atoms with Crippen molar-refractivity contribution in [1.82, 2.24) is 5.32 Å². The molecule has 0 unspecified atom stereocenters. The smallest absolute Gasteiger partial charge is 0.253 e. The maximum atomic E-state index is 11.3. The minimum atomic E-state index is -0.338. The first-order chi connectivity index (χ1) is 7.11. The number of carbonyl (C=O) groups excluding carboxylic acids is 1. The molecule has 4 heteroatoms. The third-order valence-corrected chi connectivity index (χ3v) is 2.06. The minimum absolute atomic E-state index is 0.0575. The summed E-state index contributed by atoms with van der Waals surface area (Å²) in [6.07, 6.45) is 5.40. The molecule has 0 atom stereocenters. The van der Waals surface area contributed by atoms with Crippen LogP contribution in [0.1, 0.15) is 15.9 Å². The van der Waals surface area contributed by atoms with Gasteiger partial charge in [0, 0.05) is 19.0 Å². The summed E-state index contributed by atoms with van der Waals surface area (Å²) in [6, 6.07) is 3.14. The number of nitrogens with one attached hydrogen (secondary N) is 1. The number of amides is 1. The summed E-state index contributed by atoms with van der Waals surface area (Å²) >= 11 is 0. The van der Waals surface area contributed by atoms with Crippen molar-refractivity contribution in [3.8, 4) is 18.1 Å². The number of nitrogen functional groups attached to an aromatic ring is 1. The summed E-state index contributed by atoms with van der Waals surface area (Å²) in [5.74, 6) is 1.94. The van der Waals surface area contributed by atoms with E-state index in [-0.39, 0.29) is 29.3 Å². The number of hydrogen-bond acceptors (Lipinski definition) is 3. The van der Waals surface area contributed by atoms with Crippen LogP contribution in [0.25, 0.3) is 0 Å². The van der Waals surface area contributed by atoms with E-state index in [0.717, 1.165) is 0 Å². The first kappa shape index (κ1) is 10.9. The molecule has 0 spiro atoms. The van der Waals surface area contributed by atoms with E-state index in [0.29, 0.717) is 5.56 Å². The molecule has 78 valence electrons. The predicted molar refractivity (Wildman–Crippen MR) is 58.4 cm³/mol. The van der Waals surface area contributed by atoms with Gasteiger partial charge < -0.3 is 16.2 Å². The van der Waals surface area contributed by atoms with Crippen molar-refractivity contribution < 1.29 is 9.90 Å². The number of phenolic OH excluding ortho intramolecular Hbond substituents is 1. The van der Waals surface area contributed by atoms with Crippen molar-refractivity contribution in [2.45, 2.75) is 6.42 Å². The lowest BCUT2D eigenvalue weighted by atomic mass is 10.0. The van der Waals surface area contributed by atoms with Gasteiger partial charge in [0.15, 0.2) is 0 Å². The Morgan fingerprint density at radius 1 is 1.67 bits per heavy atom. The average Bonchev–Trinajstić information content (AvgIpc) is 2.24. The molecule has 0 aliphatic heterocycles. The molecule has 0 aliphatic rings. The lowest BCUT2D eigenvalue weighted by molar-refractivity contribution is 0.0963. The zero-order chi connectivity index (χ0) is 11.4. The van der Waals surface area contributed by atoms with Crippen molar-refractivity contribution >= 4 is 11.6 Å². The van der Waals surface area contributed by atoms with E-state index in [4.69, 9.17) is 12.2 Å². The topological polar surface area (TPSA) is 75.4 Å². The molecule has 0 heterocycles. The fourth-order valence-electron chi connectivity index (χ4n) is 1.24. The second-order valence-corrected chi connectivity index (χ2v) is 2.99. The van der Waals surface area contributed by atoms with Crippen LogP contribution in [0.3, 0.4) is 0 Å². The zero-order valence-electron chi connectivity index (χ0n) is 8.37. The van der Waals surface area contributed by atoms with E-state index in [1.54, 1.807) is 12.1 Å². The summed E-state index contributed by atoms with van der Waals surface area (Å²) < 4.78 is 0. The number of rotatable bonds is 2. The molecule has 0 bridgehead atoms. The number of carbonyl (C=O) groups is 1. The Bertz CT molecular complexity index is 433. The van der Waals surface area contributed by atoms with Crippen LogP contribution in [0.2, 0.25) is 0 Å². The quantitative estimate of drug-likeness (QED) is 0.373. The van der Waals surface area contributed by atoms with Crippen LogP contribution in [0, 0.1) is 12.3 Å². The monoisotopic (exact) mass is 204 g/mol. The predicted octanol–water partition coefficient (Wildman–Crippen LogP) is 0.510. The standard InChI is InChI=1S/C11H12N2O2/c1-3-4-7-5-6-8(11(15)13-2)9(12)10(7)14/h1,5-6,14H,4,12H2,2H3,(H,13,15). The van der Waals surface area contributed by atoms with E-state index in [2.05, 4.69) is 11.2 Å². The maximum absolute atomic E-state index is 11.3. The van der Waals surface area contributed by atoms with Crippen molar-refractivity contribution in [2.75, 3.05) is 12.8 Å². The fourth-order valence-corrected chi connectivity index (χ4v) is 1.24. The van der Waals surface area contributed by atoms with Crippen LogP contribution >= 0.6 is 0 Å². The number of benzene rings is 1. The molecule has 4 nitrogen and oxygen atoms in total. The van der Waals surface area contributed by atoms with Crippen molar-refractivity contribution in [3.63, 3.8) is 0 Å². The molecule has 1 rings (SSSR count). The van der Waals surface area contributed by atoms with Gasteiger partial charge in [-0.15, -0.1) is 12.3 Å². The first-order valence-corrected chi connectivity index (χ1v) is 4.37. The number of nitrogens with two attached hydrogens (primary N) is 1. The van der Waals surface area contributed by atoms with Crippen molar-refractivity contribution in [1.29, 1.82) is 0 Å². The molecular formula is C11H12N2O2. The fraction of sp³-hybridized carbons (Fsp3) is 0.182. The van der Waals surface area contributed by atoms with Gasteiger partial charge in [-0.2, -0.15) is 0 Å². The van der Waals surface area contributed by atoms with E-state index >= 15 is 0 Å². The Morgan fingerprint density at radius 3 is 2.87 bits per heavy atom. The summed E-state index contributed by atoms with van der Waals surface area (Å²) in [4.78, 5) is 11.3. The lowest BCUT2D eigenvalue weighted by Crippen LogP contribution is -2.19. The summed E-state index contributed by atoms with van der Waals surface area (Å²) in [6.45, 7) is 0. The third-order valence-electron chi connectivity index (χ3n) is 2.06. The van der Waals surface area contributed by atoms with Gasteiger partial charge in [-0.1, -0.05) is 6.07 Å². The van der Waals surface area contributed by atoms with Crippen LogP contribution in [-0.4, -0.2) is 18.1 Å². The SMILES string of the molecule is C#CCc1ccc(C(=O)NC)c(N)c1O. The molecule has 0 aromatic heterocycles. The van der Waals surface area contributed by atoms with Gasteiger partial charge in [0.25, 0.3) is 5.91 Å². The van der Waals surface area contributed by atoms with Gasteiger partial charge in [-0.25, -0.2) is 0 Å². The number of terminal acetylenes is 1. The van der Waals surface area contributed by atoms with Gasteiger partial charge >= 0.3 is 0 Å². The molecule has 15 heavy (non-hydrogen) atoms. The second kappa shape index (κ2) is 4.38. The number of anilines is 1. The molecule has 0 saturated carbocycles. The Kier molecular flexibility index (Phi) is 3.19. The lowest BCUT2D eigenvalue weighted by Gasteiger charge is -2.09. The molecule has 1 amide bonds. The van der Waals surface area contributed by atoms with Gasteiger partial charge in [0.2, 0.25) is 0 Å². The van der Waals surface area contributed by atoms with Crippen LogP contribution in [-0.2, 0) is 6.42 Å². The molecular weight excluding hydrogens is 192 g/mol. The van der Waals surface area contributed by atoms with E-state index in [1.165, 1.54) is 7.05 Å². The van der Waals surface area contributed by atoms with E-state index in [9.17, 15) is 9.90 Å². The minimum Gasteiger partial charge on any atom is -0.505 e. The first-order valence-electron chi connectivity index (χ1n) is 4.37. The maximum Gasteiger partial charge on any atom is 0.253 e. The Balaban J connectivity index is 3.22. The molecule has 0 aliphatic carbocycles. The van der Waals surface area contributed by atoms with E-state index in [1.807, 2.05) is 0 Å². The normalized spacial score (nSPS) is 9.33. The van der Waals surface area contributed by atoms with Gasteiger partial charge in [0.05, 0.1) is 11.3 Å². The van der Waals surface area contributed by atoms with Gasteiger partial charge in [-0.05, 0) is 6.07 Å². The second-order valence-electron chi connectivity index (χ2n) is 2.99. The van der Waals surface area contributed by atoms with Crippen LogP contribution in [0.4, 0.5) is 5.69 Å². The number of aromatic hydroxyl groups is 1. The number of hydrogen-bond donors (Lipinski definition) is 3. The van der Waals surface area contributed by atoms with Gasteiger partial charge in [0.1, 0.15) is 5.75 Å². The summed E-state index contributed by atoms with van der Waals surface area (Å²) in [7, 11) is 1.49. The highest BCUT2D eigenvalue weighted by atomic mass is 16.3.